The molecule has 172 valence electrons. The molecule has 0 bridgehead atoms. The summed E-state index contributed by atoms with van der Waals surface area (Å²) >= 11 is 0. The standard InChI is InChI=1S/C28H24N6O/c1-35-25-13-5-11-23-26(25)32-28(34-22(17-30)16-21-10-2-3-12-24(21)34)33-27(23)31-18-20-8-4-7-19(15-20)9-6-14-29/h2-13,15-16H,17-18,30H2,1H3,(H,31,32,33). The van der Waals surface area contributed by atoms with Gasteiger partial charge in [-0.05, 0) is 47.5 Å². The van der Waals surface area contributed by atoms with Gasteiger partial charge in [0, 0.05) is 35.6 Å². The Bertz CT molecular complexity index is 1590. The van der Waals surface area contributed by atoms with Crippen molar-refractivity contribution < 1.29 is 4.74 Å². The molecule has 0 aliphatic carbocycles. The van der Waals surface area contributed by atoms with Crippen LogP contribution in [0.25, 0.3) is 33.8 Å². The van der Waals surface area contributed by atoms with Crippen LogP contribution in [0.1, 0.15) is 16.8 Å². The fourth-order valence-electron chi connectivity index (χ4n) is 4.24. The number of nitrogens with zero attached hydrogens (tertiary/aromatic N) is 4. The number of hydrogen-bond acceptors (Lipinski definition) is 6. The quantitative estimate of drug-likeness (QED) is 0.324. The molecule has 0 saturated carbocycles. The average molecular weight is 461 g/mol. The van der Waals surface area contributed by atoms with Gasteiger partial charge in [-0.15, -0.1) is 0 Å². The van der Waals surface area contributed by atoms with Crippen LogP contribution in [0.3, 0.4) is 0 Å². The normalized spacial score (nSPS) is 11.2. The molecule has 0 radical (unpaired) electrons. The van der Waals surface area contributed by atoms with Crippen molar-refractivity contribution in [3.8, 4) is 17.8 Å². The van der Waals surface area contributed by atoms with Gasteiger partial charge in [0.15, 0.2) is 0 Å². The van der Waals surface area contributed by atoms with Gasteiger partial charge in [-0.1, -0.05) is 42.5 Å². The molecule has 7 nitrogen and oxygen atoms in total. The summed E-state index contributed by atoms with van der Waals surface area (Å²) < 4.78 is 7.63. The van der Waals surface area contributed by atoms with Crippen LogP contribution in [-0.2, 0) is 13.1 Å². The second kappa shape index (κ2) is 9.67. The van der Waals surface area contributed by atoms with Gasteiger partial charge < -0.3 is 15.8 Å². The second-order valence-electron chi connectivity index (χ2n) is 8.02. The van der Waals surface area contributed by atoms with Crippen molar-refractivity contribution in [2.75, 3.05) is 12.4 Å². The van der Waals surface area contributed by atoms with Gasteiger partial charge in [-0.25, -0.2) is 4.98 Å². The van der Waals surface area contributed by atoms with Gasteiger partial charge in [0.1, 0.15) is 17.1 Å². The first-order chi connectivity index (χ1) is 17.2. The van der Waals surface area contributed by atoms with E-state index in [0.29, 0.717) is 36.1 Å². The number of nitriles is 1. The number of fused-ring (bicyclic) bond motifs is 2. The molecule has 0 aliphatic heterocycles. The smallest absolute Gasteiger partial charge is 0.237 e. The topological polar surface area (TPSA) is 102 Å². The fourth-order valence-corrected chi connectivity index (χ4v) is 4.24. The predicted octanol–water partition coefficient (Wildman–Crippen LogP) is 5.19. The zero-order chi connectivity index (χ0) is 24.2. The number of ether oxygens (including phenoxy) is 1. The molecule has 0 amide bonds. The number of nitrogens with one attached hydrogen (secondary N) is 1. The zero-order valence-electron chi connectivity index (χ0n) is 19.3. The van der Waals surface area contributed by atoms with E-state index in [4.69, 9.17) is 25.7 Å². The number of methoxy groups -OCH3 is 1. The van der Waals surface area contributed by atoms with Crippen molar-refractivity contribution in [1.82, 2.24) is 14.5 Å². The summed E-state index contributed by atoms with van der Waals surface area (Å²) in [5.74, 6) is 1.89. The van der Waals surface area contributed by atoms with Crippen molar-refractivity contribution in [1.29, 1.82) is 5.26 Å². The third kappa shape index (κ3) is 4.31. The highest BCUT2D eigenvalue weighted by atomic mass is 16.5. The minimum absolute atomic E-state index is 0.355. The average Bonchev–Trinajstić information content (AvgIpc) is 3.29. The fraction of sp³-hybridized carbons (Fsp3) is 0.107. The van der Waals surface area contributed by atoms with Gasteiger partial charge in [0.25, 0.3) is 0 Å². The number of para-hydroxylation sites is 2. The zero-order valence-corrected chi connectivity index (χ0v) is 19.3. The summed E-state index contributed by atoms with van der Waals surface area (Å²) in [5, 5.41) is 14.2. The lowest BCUT2D eigenvalue weighted by Crippen LogP contribution is -2.11. The SMILES string of the molecule is COc1cccc2c(NCc3cccc(C=CC#N)c3)nc(-n3c(CN)cc4ccccc43)nc12. The lowest BCUT2D eigenvalue weighted by molar-refractivity contribution is 0.419. The molecular weight excluding hydrogens is 436 g/mol. The Labute approximate surface area is 203 Å². The number of aromatic nitrogens is 3. The van der Waals surface area contributed by atoms with E-state index in [9.17, 15) is 0 Å². The van der Waals surface area contributed by atoms with Gasteiger partial charge >= 0.3 is 0 Å². The molecule has 0 aliphatic rings. The van der Waals surface area contributed by atoms with Gasteiger partial charge in [0.2, 0.25) is 5.95 Å². The Morgan fingerprint density at radius 2 is 1.91 bits per heavy atom. The van der Waals surface area contributed by atoms with Crippen LogP contribution in [0, 0.1) is 11.3 Å². The molecule has 2 heterocycles. The van der Waals surface area contributed by atoms with E-state index >= 15 is 0 Å². The molecule has 3 N–H and O–H groups in total. The van der Waals surface area contributed by atoms with Crippen LogP contribution in [0.15, 0.2) is 78.9 Å². The maximum atomic E-state index is 8.82. The third-order valence-corrected chi connectivity index (χ3v) is 5.86. The number of nitrogens with two attached hydrogens (primary N) is 1. The number of rotatable bonds is 7. The first-order valence-electron chi connectivity index (χ1n) is 11.3. The number of anilines is 1. The molecule has 5 rings (SSSR count). The minimum atomic E-state index is 0.355. The summed E-state index contributed by atoms with van der Waals surface area (Å²) in [6.45, 7) is 0.904. The van der Waals surface area contributed by atoms with Crippen molar-refractivity contribution in [2.45, 2.75) is 13.1 Å². The summed E-state index contributed by atoms with van der Waals surface area (Å²) in [6.07, 6.45) is 3.26. The van der Waals surface area contributed by atoms with Crippen molar-refractivity contribution in [3.63, 3.8) is 0 Å². The monoisotopic (exact) mass is 460 g/mol. The Morgan fingerprint density at radius 3 is 2.74 bits per heavy atom. The van der Waals surface area contributed by atoms with Gasteiger partial charge in [-0.3, -0.25) is 4.57 Å². The van der Waals surface area contributed by atoms with E-state index < -0.39 is 0 Å². The van der Waals surface area contributed by atoms with Crippen LogP contribution in [0.2, 0.25) is 0 Å². The van der Waals surface area contributed by atoms with Crippen molar-refractivity contribution in [2.24, 2.45) is 5.73 Å². The van der Waals surface area contributed by atoms with Crippen LogP contribution >= 0.6 is 0 Å². The second-order valence-corrected chi connectivity index (χ2v) is 8.02. The lowest BCUT2D eigenvalue weighted by Gasteiger charge is -2.15. The molecule has 3 aromatic carbocycles. The minimum Gasteiger partial charge on any atom is -0.494 e. The highest BCUT2D eigenvalue weighted by Gasteiger charge is 2.17. The van der Waals surface area contributed by atoms with Crippen molar-refractivity contribution >= 4 is 33.7 Å². The Morgan fingerprint density at radius 1 is 1.06 bits per heavy atom. The Balaban J connectivity index is 1.62. The molecule has 5 aromatic rings. The molecule has 0 saturated heterocycles. The molecule has 0 spiro atoms. The first-order valence-corrected chi connectivity index (χ1v) is 11.3. The van der Waals surface area contributed by atoms with Crippen LogP contribution < -0.4 is 15.8 Å². The predicted molar refractivity (Wildman–Crippen MR) is 139 cm³/mol. The van der Waals surface area contributed by atoms with E-state index in [-0.39, 0.29) is 0 Å². The highest BCUT2D eigenvalue weighted by Crippen LogP contribution is 2.31. The van der Waals surface area contributed by atoms with E-state index in [1.165, 1.54) is 6.08 Å². The molecule has 0 fully saturated rings. The Kier molecular flexibility index (Phi) is 6.12. The van der Waals surface area contributed by atoms with Gasteiger partial charge in [0.05, 0.1) is 18.7 Å². The highest BCUT2D eigenvalue weighted by molar-refractivity contribution is 5.94. The van der Waals surface area contributed by atoms with E-state index in [2.05, 4.69) is 17.4 Å². The third-order valence-electron chi connectivity index (χ3n) is 5.86. The van der Waals surface area contributed by atoms with Gasteiger partial charge in [-0.2, -0.15) is 10.2 Å². The molecule has 0 atom stereocenters. The van der Waals surface area contributed by atoms with Crippen LogP contribution in [0.4, 0.5) is 5.82 Å². The van der Waals surface area contributed by atoms with E-state index in [0.717, 1.165) is 33.1 Å². The summed E-state index contributed by atoms with van der Waals surface area (Å²) in [5.41, 5.74) is 10.8. The Hall–Kier alpha value is -4.67. The lowest BCUT2D eigenvalue weighted by atomic mass is 10.1. The molecular formula is C28H24N6O. The number of allylic oxidation sites excluding steroid dienone is 1. The summed E-state index contributed by atoms with van der Waals surface area (Å²) in [6, 6.07) is 26.0. The van der Waals surface area contributed by atoms with Crippen molar-refractivity contribution in [3.05, 3.63) is 95.7 Å². The first kappa shape index (κ1) is 22.1. The maximum absolute atomic E-state index is 8.82. The summed E-state index contributed by atoms with van der Waals surface area (Å²) in [7, 11) is 1.64. The van der Waals surface area contributed by atoms with Crippen LogP contribution in [0.5, 0.6) is 5.75 Å². The molecule has 0 unspecified atom stereocenters. The summed E-state index contributed by atoms with van der Waals surface area (Å²) in [4.78, 5) is 9.84. The largest absolute Gasteiger partial charge is 0.494 e. The molecule has 7 heteroatoms. The van der Waals surface area contributed by atoms with E-state index in [1.54, 1.807) is 13.2 Å². The maximum Gasteiger partial charge on any atom is 0.237 e. The number of benzene rings is 3. The van der Waals surface area contributed by atoms with Crippen LogP contribution in [-0.4, -0.2) is 21.6 Å². The number of hydrogen-bond donors (Lipinski definition) is 2. The molecule has 2 aromatic heterocycles. The molecule has 35 heavy (non-hydrogen) atoms. The van der Waals surface area contributed by atoms with E-state index in [1.807, 2.05) is 71.3 Å².